The van der Waals surface area contributed by atoms with Gasteiger partial charge in [0.05, 0.1) is 11.1 Å². The molecule has 205 valence electrons. The van der Waals surface area contributed by atoms with E-state index in [1.807, 2.05) is 24.3 Å². The van der Waals surface area contributed by atoms with Crippen LogP contribution in [0, 0.1) is 6.92 Å². The maximum Gasteiger partial charge on any atom is 0.340 e. The zero-order chi connectivity index (χ0) is 28.4. The second kappa shape index (κ2) is 12.1. The molecule has 0 amide bonds. The highest BCUT2D eigenvalue weighted by atomic mass is 32.1. The maximum atomic E-state index is 13.1. The van der Waals surface area contributed by atoms with Gasteiger partial charge in [-0.2, -0.15) is 0 Å². The summed E-state index contributed by atoms with van der Waals surface area (Å²) in [4.78, 5) is 26.7. The summed E-state index contributed by atoms with van der Waals surface area (Å²) >= 11 is 9.26. The Hall–Kier alpha value is -3.20. The van der Waals surface area contributed by atoms with E-state index in [0.29, 0.717) is 48.6 Å². The molecule has 0 spiro atoms. The van der Waals surface area contributed by atoms with Gasteiger partial charge in [0.15, 0.2) is 0 Å². The Labute approximate surface area is 245 Å². The van der Waals surface area contributed by atoms with Crippen LogP contribution in [0.3, 0.4) is 0 Å². The van der Waals surface area contributed by atoms with E-state index < -0.39 is 20.3 Å². The lowest BCUT2D eigenvalue weighted by molar-refractivity contribution is 0.527. The van der Waals surface area contributed by atoms with E-state index in [4.69, 9.17) is 13.3 Å². The number of para-hydroxylation sites is 1. The van der Waals surface area contributed by atoms with Crippen LogP contribution < -0.4 is 15.7 Å². The average Bonchev–Trinajstić information content (AvgIpc) is 2.93. The van der Waals surface area contributed by atoms with Gasteiger partial charge in [-0.3, -0.25) is 0 Å². The first-order valence-electron chi connectivity index (χ1n) is 13.3. The molecule has 0 fully saturated rings. The maximum absolute atomic E-state index is 13.1. The third-order valence-electron chi connectivity index (χ3n) is 7.08. The lowest BCUT2D eigenvalue weighted by Gasteiger charge is -2.20. The molecule has 0 aliphatic heterocycles. The first-order valence-corrected chi connectivity index (χ1v) is 15.9. The average molecular weight is 588 g/mol. The van der Waals surface area contributed by atoms with E-state index in [9.17, 15) is 9.59 Å². The first-order chi connectivity index (χ1) is 19.2. The van der Waals surface area contributed by atoms with Crippen LogP contribution in [0.1, 0.15) is 42.5 Å². The molecule has 0 atom stereocenters. The van der Waals surface area contributed by atoms with Gasteiger partial charge in [-0.15, -0.1) is 25.3 Å². The molecule has 5 nitrogen and oxygen atoms in total. The second-order valence-corrected chi connectivity index (χ2v) is 14.0. The van der Waals surface area contributed by atoms with Gasteiger partial charge in [0.25, 0.3) is 9.04 Å². The normalized spacial score (nSPS) is 11.7. The highest BCUT2D eigenvalue weighted by Crippen LogP contribution is 2.31. The van der Waals surface area contributed by atoms with Crippen LogP contribution in [-0.4, -0.2) is 9.04 Å². The van der Waals surface area contributed by atoms with Crippen LogP contribution in [0.5, 0.6) is 5.75 Å². The molecule has 0 aliphatic rings. The summed E-state index contributed by atoms with van der Waals surface area (Å²) in [5.74, 6) is 0.682. The van der Waals surface area contributed by atoms with E-state index >= 15 is 0 Å². The molecule has 0 N–H and O–H groups in total. The van der Waals surface area contributed by atoms with Crippen LogP contribution in [0.4, 0.5) is 0 Å². The lowest BCUT2D eigenvalue weighted by atomic mass is 10.0. The Morgan fingerprint density at radius 1 is 0.825 bits per heavy atom. The van der Waals surface area contributed by atoms with Crippen molar-refractivity contribution in [1.29, 1.82) is 0 Å². The van der Waals surface area contributed by atoms with E-state index in [1.54, 1.807) is 18.2 Å². The molecule has 5 aromatic rings. The minimum absolute atomic E-state index is 0.00281. The SMILES string of the molecule is Cc1ccc(CCC[Si](Oc2ccc3c(S)c(Cc4c(S)c5ccccc5oc4=O)c(=O)oc3c2)C(C)C)cc1. The highest BCUT2D eigenvalue weighted by molar-refractivity contribution is 7.80. The van der Waals surface area contributed by atoms with Gasteiger partial charge in [-0.25, -0.2) is 9.59 Å². The fraction of sp³-hybridized carbons (Fsp3) is 0.250. The van der Waals surface area contributed by atoms with Crippen molar-refractivity contribution in [3.05, 3.63) is 110 Å². The predicted octanol–water partition coefficient (Wildman–Crippen LogP) is 7.79. The molecular weight excluding hydrogens is 557 g/mol. The van der Waals surface area contributed by atoms with Gasteiger partial charge in [0.2, 0.25) is 0 Å². The lowest BCUT2D eigenvalue weighted by Crippen LogP contribution is -2.25. The fourth-order valence-electron chi connectivity index (χ4n) is 4.76. The summed E-state index contributed by atoms with van der Waals surface area (Å²) in [5.41, 5.74) is 3.35. The molecule has 0 aliphatic carbocycles. The topological polar surface area (TPSA) is 69.7 Å². The number of rotatable bonds is 9. The van der Waals surface area contributed by atoms with Crippen LogP contribution >= 0.6 is 25.3 Å². The largest absolute Gasteiger partial charge is 0.542 e. The number of thiol groups is 2. The van der Waals surface area contributed by atoms with Crippen molar-refractivity contribution in [2.75, 3.05) is 0 Å². The van der Waals surface area contributed by atoms with Crippen molar-refractivity contribution in [2.45, 2.75) is 61.4 Å². The van der Waals surface area contributed by atoms with Gasteiger partial charge in [-0.05, 0) is 55.1 Å². The molecule has 0 saturated carbocycles. The monoisotopic (exact) mass is 587 g/mol. The summed E-state index contributed by atoms with van der Waals surface area (Å²) in [6, 6.07) is 22.4. The Balaban J connectivity index is 1.37. The number of hydrogen-bond acceptors (Lipinski definition) is 7. The minimum atomic E-state index is -1.15. The summed E-state index contributed by atoms with van der Waals surface area (Å²) in [5, 5.41) is 1.38. The van der Waals surface area contributed by atoms with Gasteiger partial charge >= 0.3 is 11.3 Å². The van der Waals surface area contributed by atoms with Crippen molar-refractivity contribution in [1.82, 2.24) is 0 Å². The van der Waals surface area contributed by atoms with Gasteiger partial charge in [0.1, 0.15) is 16.9 Å². The molecular formula is C32H31O5S2Si. The van der Waals surface area contributed by atoms with E-state index in [1.165, 1.54) is 11.1 Å². The molecule has 0 unspecified atom stereocenters. The predicted molar refractivity (Wildman–Crippen MR) is 168 cm³/mol. The first kappa shape index (κ1) is 28.3. The number of aryl methyl sites for hydroxylation is 2. The summed E-state index contributed by atoms with van der Waals surface area (Å²) in [7, 11) is -1.15. The molecule has 3 aromatic carbocycles. The Morgan fingerprint density at radius 3 is 2.12 bits per heavy atom. The number of benzene rings is 3. The molecule has 40 heavy (non-hydrogen) atoms. The van der Waals surface area contributed by atoms with Crippen molar-refractivity contribution >= 4 is 56.2 Å². The van der Waals surface area contributed by atoms with Crippen molar-refractivity contribution in [3.63, 3.8) is 0 Å². The van der Waals surface area contributed by atoms with Crippen LogP contribution in [0.2, 0.25) is 11.6 Å². The molecule has 2 aromatic heterocycles. The molecule has 0 saturated heterocycles. The van der Waals surface area contributed by atoms with Crippen molar-refractivity contribution < 1.29 is 13.3 Å². The molecule has 5 rings (SSSR count). The van der Waals surface area contributed by atoms with E-state index in [0.717, 1.165) is 18.9 Å². The zero-order valence-corrected chi connectivity index (χ0v) is 25.5. The van der Waals surface area contributed by atoms with E-state index in [-0.39, 0.29) is 12.0 Å². The molecule has 8 heteroatoms. The summed E-state index contributed by atoms with van der Waals surface area (Å²) in [6.07, 6.45) is 2.08. The van der Waals surface area contributed by atoms with Gasteiger partial charge < -0.3 is 13.3 Å². The Kier molecular flexibility index (Phi) is 8.59. The summed E-state index contributed by atoms with van der Waals surface area (Å²) < 4.78 is 17.7. The highest BCUT2D eigenvalue weighted by Gasteiger charge is 2.22. The smallest absolute Gasteiger partial charge is 0.340 e. The standard InChI is InChI=1S/C32H31O5S2Si/c1-19(2)40(16-6-7-21-12-10-20(3)11-13-21)37-22-14-15-24-28(17-22)36-32(34)26(30(24)39)18-25-29(38)23-8-4-5-9-27(23)35-31(25)33/h4-5,8-15,17,19,38-39H,6-7,16,18H2,1-3H3. The van der Waals surface area contributed by atoms with Crippen molar-refractivity contribution in [2.24, 2.45) is 0 Å². The van der Waals surface area contributed by atoms with Gasteiger partial charge in [-0.1, -0.05) is 61.9 Å². The van der Waals surface area contributed by atoms with E-state index in [2.05, 4.69) is 70.3 Å². The van der Waals surface area contributed by atoms with Crippen LogP contribution in [0.15, 0.2) is 94.9 Å². The van der Waals surface area contributed by atoms with Crippen LogP contribution in [-0.2, 0) is 12.8 Å². The Bertz CT molecular complexity index is 1790. The van der Waals surface area contributed by atoms with Crippen molar-refractivity contribution in [3.8, 4) is 5.75 Å². The molecule has 0 bridgehead atoms. The third kappa shape index (κ3) is 6.09. The van der Waals surface area contributed by atoms with Crippen LogP contribution in [0.25, 0.3) is 21.9 Å². The second-order valence-electron chi connectivity index (χ2n) is 10.3. The third-order valence-corrected chi connectivity index (χ3v) is 10.7. The summed E-state index contributed by atoms with van der Waals surface area (Å²) in [6.45, 7) is 6.49. The zero-order valence-electron chi connectivity index (χ0n) is 22.7. The fourth-order valence-corrected chi connectivity index (χ4v) is 7.34. The quantitative estimate of drug-likeness (QED) is 0.105. The number of fused-ring (bicyclic) bond motifs is 2. The minimum Gasteiger partial charge on any atom is -0.542 e. The molecule has 1 radical (unpaired) electrons. The van der Waals surface area contributed by atoms with Gasteiger partial charge in [0, 0.05) is 33.1 Å². The number of hydrogen-bond donors (Lipinski definition) is 2. The molecule has 2 heterocycles. The Morgan fingerprint density at radius 2 is 1.45 bits per heavy atom.